The van der Waals surface area contributed by atoms with Crippen molar-refractivity contribution in [3.8, 4) is 0 Å². The number of nitrogens with zero attached hydrogens (tertiary/aromatic N) is 2. The van der Waals surface area contributed by atoms with Gasteiger partial charge in [-0.3, -0.25) is 10.4 Å². The molecule has 0 bridgehead atoms. The van der Waals surface area contributed by atoms with Gasteiger partial charge in [0.1, 0.15) is 5.84 Å². The highest BCUT2D eigenvalue weighted by atomic mass is 15.1. The highest BCUT2D eigenvalue weighted by Crippen LogP contribution is 2.20. The van der Waals surface area contributed by atoms with Crippen LogP contribution in [-0.2, 0) is 6.54 Å². The van der Waals surface area contributed by atoms with Crippen LogP contribution in [0.4, 0.5) is 5.69 Å². The summed E-state index contributed by atoms with van der Waals surface area (Å²) in [4.78, 5) is 6.18. The monoisotopic (exact) mass is 254 g/mol. The summed E-state index contributed by atoms with van der Waals surface area (Å²) in [5.74, 6) is 0.0639. The van der Waals surface area contributed by atoms with Crippen molar-refractivity contribution >= 4 is 11.5 Å². The first-order valence-corrected chi connectivity index (χ1v) is 6.13. The minimum atomic E-state index is 0.0639. The Hall–Kier alpha value is -2.36. The first-order valence-electron chi connectivity index (χ1n) is 6.13. The van der Waals surface area contributed by atoms with Crippen molar-refractivity contribution in [3.63, 3.8) is 0 Å². The molecule has 0 unspecified atom stereocenters. The second-order valence-corrected chi connectivity index (χ2v) is 4.59. The number of pyridine rings is 1. The van der Waals surface area contributed by atoms with Gasteiger partial charge in [0.05, 0.1) is 11.9 Å². The number of amidine groups is 1. The largest absolute Gasteiger partial charge is 0.384 e. The number of hydrogen-bond donors (Lipinski definition) is 2. The summed E-state index contributed by atoms with van der Waals surface area (Å²) in [5.41, 5.74) is 9.70. The zero-order chi connectivity index (χ0) is 13.8. The number of nitrogen functional groups attached to an aromatic ring is 1. The van der Waals surface area contributed by atoms with Gasteiger partial charge in [-0.15, -0.1) is 0 Å². The molecule has 4 heteroatoms. The predicted molar refractivity (Wildman–Crippen MR) is 78.5 cm³/mol. The first kappa shape index (κ1) is 13.1. The summed E-state index contributed by atoms with van der Waals surface area (Å²) < 4.78 is 0. The van der Waals surface area contributed by atoms with E-state index in [1.807, 2.05) is 19.2 Å². The lowest BCUT2D eigenvalue weighted by Gasteiger charge is -2.22. The van der Waals surface area contributed by atoms with E-state index in [-0.39, 0.29) is 5.84 Å². The summed E-state index contributed by atoms with van der Waals surface area (Å²) in [6.07, 6.45) is 3.40. The van der Waals surface area contributed by atoms with E-state index in [2.05, 4.69) is 28.9 Å². The minimum Gasteiger partial charge on any atom is -0.384 e. The summed E-state index contributed by atoms with van der Waals surface area (Å²) >= 11 is 0. The number of aryl methyl sites for hydroxylation is 1. The van der Waals surface area contributed by atoms with Crippen molar-refractivity contribution in [1.29, 1.82) is 5.41 Å². The van der Waals surface area contributed by atoms with Crippen LogP contribution < -0.4 is 10.6 Å². The van der Waals surface area contributed by atoms with Gasteiger partial charge >= 0.3 is 0 Å². The van der Waals surface area contributed by atoms with Gasteiger partial charge in [0.2, 0.25) is 0 Å². The molecule has 0 atom stereocenters. The maximum absolute atomic E-state index is 7.61. The minimum absolute atomic E-state index is 0.0639. The molecule has 0 amide bonds. The molecular weight excluding hydrogens is 236 g/mol. The Kier molecular flexibility index (Phi) is 3.80. The number of nitrogens with two attached hydrogens (primary N) is 1. The van der Waals surface area contributed by atoms with Crippen molar-refractivity contribution in [2.75, 3.05) is 11.9 Å². The molecule has 0 aliphatic heterocycles. The summed E-state index contributed by atoms with van der Waals surface area (Å²) in [6.45, 7) is 2.86. The van der Waals surface area contributed by atoms with Crippen LogP contribution in [0.1, 0.15) is 16.7 Å². The van der Waals surface area contributed by atoms with E-state index in [0.29, 0.717) is 5.56 Å². The van der Waals surface area contributed by atoms with Gasteiger partial charge < -0.3 is 10.6 Å². The molecule has 2 aromatic rings. The van der Waals surface area contributed by atoms with Crippen LogP contribution in [0.3, 0.4) is 0 Å². The van der Waals surface area contributed by atoms with Gasteiger partial charge in [0.25, 0.3) is 0 Å². The maximum atomic E-state index is 7.61. The van der Waals surface area contributed by atoms with E-state index in [9.17, 15) is 0 Å². The fraction of sp³-hybridized carbons (Fsp3) is 0.200. The molecule has 1 aromatic heterocycles. The third kappa shape index (κ3) is 2.91. The molecule has 98 valence electrons. The van der Waals surface area contributed by atoms with Crippen LogP contribution in [0.2, 0.25) is 0 Å². The van der Waals surface area contributed by atoms with E-state index < -0.39 is 0 Å². The lowest BCUT2D eigenvalue weighted by Crippen LogP contribution is -2.22. The molecule has 0 fully saturated rings. The lowest BCUT2D eigenvalue weighted by atomic mass is 10.1. The third-order valence-corrected chi connectivity index (χ3v) is 3.17. The second-order valence-electron chi connectivity index (χ2n) is 4.59. The van der Waals surface area contributed by atoms with Crippen LogP contribution in [0.5, 0.6) is 0 Å². The van der Waals surface area contributed by atoms with E-state index in [4.69, 9.17) is 11.1 Å². The van der Waals surface area contributed by atoms with Gasteiger partial charge in [-0.25, -0.2) is 0 Å². The second kappa shape index (κ2) is 5.52. The zero-order valence-corrected chi connectivity index (χ0v) is 11.2. The Bertz CT molecular complexity index is 592. The van der Waals surface area contributed by atoms with Crippen molar-refractivity contribution in [3.05, 3.63) is 59.4 Å². The fourth-order valence-corrected chi connectivity index (χ4v) is 2.05. The van der Waals surface area contributed by atoms with Crippen LogP contribution in [-0.4, -0.2) is 17.9 Å². The molecule has 4 nitrogen and oxygen atoms in total. The molecule has 0 saturated carbocycles. The number of benzene rings is 1. The number of aromatic nitrogens is 1. The van der Waals surface area contributed by atoms with Crippen LogP contribution in [0, 0.1) is 12.3 Å². The Morgan fingerprint density at radius 1 is 1.32 bits per heavy atom. The van der Waals surface area contributed by atoms with Gasteiger partial charge in [-0.05, 0) is 24.1 Å². The number of hydrogen-bond acceptors (Lipinski definition) is 3. The normalized spacial score (nSPS) is 10.2. The quantitative estimate of drug-likeness (QED) is 0.650. The highest BCUT2D eigenvalue weighted by molar-refractivity contribution is 6.00. The number of anilines is 1. The van der Waals surface area contributed by atoms with Crippen LogP contribution >= 0.6 is 0 Å². The summed E-state index contributed by atoms with van der Waals surface area (Å²) in [7, 11) is 1.98. The Labute approximate surface area is 113 Å². The molecule has 0 radical (unpaired) electrons. The van der Waals surface area contributed by atoms with Crippen molar-refractivity contribution in [2.45, 2.75) is 13.5 Å². The van der Waals surface area contributed by atoms with Gasteiger partial charge in [0, 0.05) is 25.4 Å². The standard InChI is InChI=1S/C15H18N4/c1-11-5-3-4-6-12(11)10-19(2)14-9-18-8-7-13(14)15(16)17/h3-9H,10H2,1-2H3,(H3,16,17). The average molecular weight is 254 g/mol. The Morgan fingerprint density at radius 2 is 2.05 bits per heavy atom. The third-order valence-electron chi connectivity index (χ3n) is 3.17. The lowest BCUT2D eigenvalue weighted by molar-refractivity contribution is 0.907. The molecule has 0 aliphatic carbocycles. The molecule has 2 rings (SSSR count). The van der Waals surface area contributed by atoms with Gasteiger partial charge in [-0.2, -0.15) is 0 Å². The fourth-order valence-electron chi connectivity index (χ4n) is 2.05. The van der Waals surface area contributed by atoms with Crippen molar-refractivity contribution < 1.29 is 0 Å². The Morgan fingerprint density at radius 3 is 2.74 bits per heavy atom. The first-order chi connectivity index (χ1) is 9.09. The van der Waals surface area contributed by atoms with E-state index >= 15 is 0 Å². The molecule has 0 spiro atoms. The van der Waals surface area contributed by atoms with Gasteiger partial charge in [0.15, 0.2) is 0 Å². The summed E-state index contributed by atoms with van der Waals surface area (Å²) in [5, 5.41) is 7.61. The van der Waals surface area contributed by atoms with E-state index in [1.54, 1.807) is 18.5 Å². The molecule has 3 N–H and O–H groups in total. The Balaban J connectivity index is 2.28. The molecule has 0 aliphatic rings. The smallest absolute Gasteiger partial charge is 0.125 e. The average Bonchev–Trinajstić information content (AvgIpc) is 2.41. The number of nitrogens with one attached hydrogen (secondary N) is 1. The molecule has 1 aromatic carbocycles. The van der Waals surface area contributed by atoms with E-state index in [0.717, 1.165) is 12.2 Å². The summed E-state index contributed by atoms with van der Waals surface area (Å²) in [6, 6.07) is 10.0. The molecule has 0 saturated heterocycles. The topological polar surface area (TPSA) is 66.0 Å². The van der Waals surface area contributed by atoms with Crippen molar-refractivity contribution in [1.82, 2.24) is 4.98 Å². The van der Waals surface area contributed by atoms with Crippen LogP contribution in [0.25, 0.3) is 0 Å². The highest BCUT2D eigenvalue weighted by Gasteiger charge is 2.10. The molecular formula is C15H18N4. The van der Waals surface area contributed by atoms with E-state index in [1.165, 1.54) is 11.1 Å². The van der Waals surface area contributed by atoms with Crippen molar-refractivity contribution in [2.24, 2.45) is 5.73 Å². The SMILES string of the molecule is Cc1ccccc1CN(C)c1cnccc1C(=N)N. The molecule has 1 heterocycles. The number of rotatable bonds is 4. The maximum Gasteiger partial charge on any atom is 0.125 e. The zero-order valence-electron chi connectivity index (χ0n) is 11.2. The predicted octanol–water partition coefficient (Wildman–Crippen LogP) is 2.31. The van der Waals surface area contributed by atoms with Gasteiger partial charge in [-0.1, -0.05) is 24.3 Å². The van der Waals surface area contributed by atoms with Crippen LogP contribution in [0.15, 0.2) is 42.7 Å². The molecule has 19 heavy (non-hydrogen) atoms.